The highest BCUT2D eigenvalue weighted by molar-refractivity contribution is 5.99. The maximum Gasteiger partial charge on any atom is 0.255 e. The lowest BCUT2D eigenvalue weighted by Gasteiger charge is -2.11. The first-order valence-electron chi connectivity index (χ1n) is 9.38. The van der Waals surface area contributed by atoms with Crippen molar-refractivity contribution < 1.29 is 4.79 Å². The Labute approximate surface area is 159 Å². The van der Waals surface area contributed by atoms with Gasteiger partial charge in [0.1, 0.15) is 5.69 Å². The van der Waals surface area contributed by atoms with Gasteiger partial charge in [0.05, 0.1) is 11.3 Å². The van der Waals surface area contributed by atoms with E-state index in [9.17, 15) is 4.79 Å². The molecule has 5 heteroatoms. The smallest absolute Gasteiger partial charge is 0.255 e. The summed E-state index contributed by atoms with van der Waals surface area (Å²) in [6, 6.07) is 17.9. The van der Waals surface area contributed by atoms with Crippen LogP contribution in [0, 0.1) is 12.8 Å². The number of nitrogens with one attached hydrogen (secondary N) is 1. The second-order valence-corrected chi connectivity index (χ2v) is 7.25. The zero-order valence-corrected chi connectivity index (χ0v) is 15.4. The van der Waals surface area contributed by atoms with Crippen LogP contribution in [0.25, 0.3) is 16.9 Å². The molecule has 0 spiro atoms. The zero-order chi connectivity index (χ0) is 18.8. The number of rotatable bonds is 6. The quantitative estimate of drug-likeness (QED) is 0.708. The molecule has 27 heavy (non-hydrogen) atoms. The fourth-order valence-corrected chi connectivity index (χ4v) is 3.18. The number of aromatic nitrogens is 2. The van der Waals surface area contributed by atoms with E-state index < -0.39 is 0 Å². The van der Waals surface area contributed by atoms with E-state index in [1.54, 1.807) is 10.9 Å². The molecule has 1 amide bonds. The van der Waals surface area contributed by atoms with Crippen molar-refractivity contribution in [2.75, 3.05) is 6.54 Å². The topological polar surface area (TPSA) is 72.9 Å². The fourth-order valence-electron chi connectivity index (χ4n) is 3.18. The van der Waals surface area contributed by atoms with E-state index in [1.807, 2.05) is 61.5 Å². The minimum atomic E-state index is -0.136. The Kier molecular flexibility index (Phi) is 4.77. The number of nitrogens with two attached hydrogens (primary N) is 1. The standard InChI is InChI=1S/C22H24N4O/c1-15-7-11-18(12-8-15)26-14-19(21(25-26)17-5-3-2-4-6-17)22(27)24-13-20(23)16-9-10-16/h2-8,11-12,14,16,20H,9-10,13,23H2,1H3,(H,24,27). The highest BCUT2D eigenvalue weighted by atomic mass is 16.1. The van der Waals surface area contributed by atoms with Crippen molar-refractivity contribution in [3.8, 4) is 16.9 Å². The third kappa shape index (κ3) is 3.93. The summed E-state index contributed by atoms with van der Waals surface area (Å²) in [5.41, 5.74) is 10.4. The molecule has 0 radical (unpaired) electrons. The van der Waals surface area contributed by atoms with Crippen LogP contribution in [0.2, 0.25) is 0 Å². The van der Waals surface area contributed by atoms with Gasteiger partial charge in [-0.05, 0) is 37.8 Å². The van der Waals surface area contributed by atoms with Gasteiger partial charge in [-0.15, -0.1) is 0 Å². The predicted molar refractivity (Wildman–Crippen MR) is 107 cm³/mol. The summed E-state index contributed by atoms with van der Waals surface area (Å²) in [5.74, 6) is 0.414. The molecule has 1 aromatic heterocycles. The van der Waals surface area contributed by atoms with Gasteiger partial charge in [-0.3, -0.25) is 4.79 Å². The Morgan fingerprint density at radius 2 is 1.89 bits per heavy atom. The van der Waals surface area contributed by atoms with Crippen LogP contribution in [-0.4, -0.2) is 28.3 Å². The number of hydrogen-bond acceptors (Lipinski definition) is 3. The molecule has 138 valence electrons. The van der Waals surface area contributed by atoms with Gasteiger partial charge in [-0.1, -0.05) is 48.0 Å². The first kappa shape index (κ1) is 17.5. The summed E-state index contributed by atoms with van der Waals surface area (Å²) in [5, 5.41) is 7.69. The summed E-state index contributed by atoms with van der Waals surface area (Å²) in [6.45, 7) is 2.54. The van der Waals surface area contributed by atoms with Crippen LogP contribution in [0.1, 0.15) is 28.8 Å². The maximum absolute atomic E-state index is 12.9. The highest BCUT2D eigenvalue weighted by Gasteiger charge is 2.29. The molecule has 3 aromatic rings. The van der Waals surface area contributed by atoms with Gasteiger partial charge < -0.3 is 11.1 Å². The molecule has 0 aliphatic heterocycles. The second kappa shape index (κ2) is 7.37. The van der Waals surface area contributed by atoms with Crippen LogP contribution in [0.5, 0.6) is 0 Å². The summed E-state index contributed by atoms with van der Waals surface area (Å²) in [7, 11) is 0. The van der Waals surface area contributed by atoms with Gasteiger partial charge in [0.2, 0.25) is 0 Å². The Morgan fingerprint density at radius 3 is 2.56 bits per heavy atom. The lowest BCUT2D eigenvalue weighted by molar-refractivity contribution is 0.0951. The van der Waals surface area contributed by atoms with E-state index in [2.05, 4.69) is 5.32 Å². The molecule has 0 saturated heterocycles. The van der Waals surface area contributed by atoms with Crippen molar-refractivity contribution in [3.05, 3.63) is 71.9 Å². The molecule has 1 aliphatic carbocycles. The number of benzene rings is 2. The molecule has 1 heterocycles. The highest BCUT2D eigenvalue weighted by Crippen LogP contribution is 2.31. The third-order valence-electron chi connectivity index (χ3n) is 5.03. The summed E-state index contributed by atoms with van der Waals surface area (Å²) in [6.07, 6.45) is 4.13. The number of nitrogens with zero attached hydrogens (tertiary/aromatic N) is 2. The summed E-state index contributed by atoms with van der Waals surface area (Å²) in [4.78, 5) is 12.9. The summed E-state index contributed by atoms with van der Waals surface area (Å²) >= 11 is 0. The van der Waals surface area contributed by atoms with Crippen LogP contribution in [0.3, 0.4) is 0 Å². The number of aryl methyl sites for hydroxylation is 1. The Morgan fingerprint density at radius 1 is 1.19 bits per heavy atom. The molecule has 1 unspecified atom stereocenters. The average Bonchev–Trinajstić information content (AvgIpc) is 3.45. The molecule has 5 nitrogen and oxygen atoms in total. The largest absolute Gasteiger partial charge is 0.350 e. The van der Waals surface area contributed by atoms with Gasteiger partial charge in [0.25, 0.3) is 5.91 Å². The van der Waals surface area contributed by atoms with E-state index in [-0.39, 0.29) is 11.9 Å². The predicted octanol–water partition coefficient (Wildman–Crippen LogP) is 3.31. The normalized spacial score (nSPS) is 14.7. The SMILES string of the molecule is Cc1ccc(-n2cc(C(=O)NCC(N)C3CC3)c(-c3ccccc3)n2)cc1. The van der Waals surface area contributed by atoms with E-state index in [0.717, 1.165) is 24.1 Å². The van der Waals surface area contributed by atoms with Gasteiger partial charge in [-0.25, -0.2) is 4.68 Å². The lowest BCUT2D eigenvalue weighted by Crippen LogP contribution is -2.38. The molecule has 1 atom stereocenters. The lowest BCUT2D eigenvalue weighted by atomic mass is 10.1. The van der Waals surface area contributed by atoms with Gasteiger partial charge in [0, 0.05) is 24.3 Å². The van der Waals surface area contributed by atoms with Crippen molar-refractivity contribution in [2.45, 2.75) is 25.8 Å². The summed E-state index contributed by atoms with van der Waals surface area (Å²) < 4.78 is 1.76. The number of hydrogen-bond donors (Lipinski definition) is 2. The van der Waals surface area contributed by atoms with Crippen molar-refractivity contribution >= 4 is 5.91 Å². The minimum absolute atomic E-state index is 0.0290. The molecule has 4 rings (SSSR count). The molecular weight excluding hydrogens is 336 g/mol. The van der Waals surface area contributed by atoms with Crippen molar-refractivity contribution in [2.24, 2.45) is 11.7 Å². The zero-order valence-electron chi connectivity index (χ0n) is 15.4. The molecule has 1 fully saturated rings. The van der Waals surface area contributed by atoms with Crippen LogP contribution in [0.15, 0.2) is 60.8 Å². The van der Waals surface area contributed by atoms with Crippen molar-refractivity contribution in [1.82, 2.24) is 15.1 Å². The van der Waals surface area contributed by atoms with E-state index in [0.29, 0.717) is 23.7 Å². The first-order valence-corrected chi connectivity index (χ1v) is 9.38. The van der Waals surface area contributed by atoms with Crippen LogP contribution < -0.4 is 11.1 Å². The second-order valence-electron chi connectivity index (χ2n) is 7.25. The average molecular weight is 360 g/mol. The van der Waals surface area contributed by atoms with Crippen molar-refractivity contribution in [1.29, 1.82) is 0 Å². The van der Waals surface area contributed by atoms with Gasteiger partial charge in [-0.2, -0.15) is 5.10 Å². The number of carbonyl (C=O) groups is 1. The molecule has 2 aromatic carbocycles. The van der Waals surface area contributed by atoms with Crippen molar-refractivity contribution in [3.63, 3.8) is 0 Å². The van der Waals surface area contributed by atoms with E-state index in [4.69, 9.17) is 10.8 Å². The molecule has 1 saturated carbocycles. The number of amides is 1. The molecular formula is C22H24N4O. The van der Waals surface area contributed by atoms with Crippen LogP contribution >= 0.6 is 0 Å². The van der Waals surface area contributed by atoms with Crippen LogP contribution in [0.4, 0.5) is 0 Å². The first-order chi connectivity index (χ1) is 13.1. The molecule has 1 aliphatic rings. The minimum Gasteiger partial charge on any atom is -0.350 e. The Bertz CT molecular complexity index is 927. The van der Waals surface area contributed by atoms with E-state index >= 15 is 0 Å². The van der Waals surface area contributed by atoms with Gasteiger partial charge >= 0.3 is 0 Å². The number of carbonyl (C=O) groups excluding carboxylic acids is 1. The third-order valence-corrected chi connectivity index (χ3v) is 5.03. The monoisotopic (exact) mass is 360 g/mol. The maximum atomic E-state index is 12.9. The van der Waals surface area contributed by atoms with Crippen LogP contribution in [-0.2, 0) is 0 Å². The molecule has 0 bridgehead atoms. The molecule has 3 N–H and O–H groups in total. The Balaban J connectivity index is 1.65. The fraction of sp³-hybridized carbons (Fsp3) is 0.273. The Hall–Kier alpha value is -2.92. The van der Waals surface area contributed by atoms with Gasteiger partial charge in [0.15, 0.2) is 0 Å². The van der Waals surface area contributed by atoms with E-state index in [1.165, 1.54) is 5.56 Å².